The van der Waals surface area contributed by atoms with Crippen molar-refractivity contribution in [2.24, 2.45) is 0 Å². The maximum absolute atomic E-state index is 6.28. The minimum Gasteiger partial charge on any atom is -0.168 e. The van der Waals surface area contributed by atoms with Gasteiger partial charge in [0.05, 0.1) is 0 Å². The first-order chi connectivity index (χ1) is 7.58. The Balaban J connectivity index is 2.01. The van der Waals surface area contributed by atoms with Crippen LogP contribution in [-0.2, 0) is 6.42 Å². The number of rotatable bonds is 7. The molecule has 0 fully saturated rings. The molecular weight excluding hydrogens is 232 g/mol. The van der Waals surface area contributed by atoms with Gasteiger partial charge in [0.15, 0.2) is 0 Å². The van der Waals surface area contributed by atoms with Crippen LogP contribution in [0.5, 0.6) is 0 Å². The second-order valence-electron chi connectivity index (χ2n) is 5.12. The molecule has 0 spiro atoms. The standard InChI is InChI=1S/C14H23ClSi/c1-16(2,15)13-9-4-3-6-10-14-11-7-5-8-12-14/h5,7-8,11-12H,3-4,6,9-10,13H2,1-2H3. The highest BCUT2D eigenvalue weighted by Crippen LogP contribution is 2.19. The van der Waals surface area contributed by atoms with E-state index in [1.807, 2.05) is 0 Å². The van der Waals surface area contributed by atoms with Crippen molar-refractivity contribution >= 4 is 18.5 Å². The summed E-state index contributed by atoms with van der Waals surface area (Å²) in [6, 6.07) is 12.0. The van der Waals surface area contributed by atoms with Crippen molar-refractivity contribution in [3.8, 4) is 0 Å². The third-order valence-electron chi connectivity index (χ3n) is 2.83. The number of hydrogen-bond acceptors (Lipinski definition) is 0. The largest absolute Gasteiger partial charge is 0.168 e. The lowest BCUT2D eigenvalue weighted by Gasteiger charge is -2.11. The highest BCUT2D eigenvalue weighted by Gasteiger charge is 2.15. The molecule has 0 heterocycles. The fraction of sp³-hybridized carbons (Fsp3) is 0.571. The van der Waals surface area contributed by atoms with Crippen molar-refractivity contribution in [2.75, 3.05) is 0 Å². The van der Waals surface area contributed by atoms with Crippen LogP contribution in [0.1, 0.15) is 31.2 Å². The van der Waals surface area contributed by atoms with Gasteiger partial charge >= 0.3 is 0 Å². The van der Waals surface area contributed by atoms with Gasteiger partial charge in [-0.1, -0.05) is 62.7 Å². The summed E-state index contributed by atoms with van der Waals surface area (Å²) in [6.45, 7) is 4.47. The summed E-state index contributed by atoms with van der Waals surface area (Å²) in [5.74, 6) is 0. The number of benzene rings is 1. The minimum atomic E-state index is -1.31. The molecule has 0 nitrogen and oxygen atoms in total. The normalized spacial score (nSPS) is 11.7. The van der Waals surface area contributed by atoms with Crippen LogP contribution in [0.4, 0.5) is 0 Å². The second kappa shape index (κ2) is 7.13. The van der Waals surface area contributed by atoms with E-state index in [2.05, 4.69) is 43.4 Å². The summed E-state index contributed by atoms with van der Waals surface area (Å²) >= 11 is 6.28. The van der Waals surface area contributed by atoms with Crippen molar-refractivity contribution in [1.82, 2.24) is 0 Å². The first-order valence-electron chi connectivity index (χ1n) is 6.31. The third kappa shape index (κ3) is 7.08. The van der Waals surface area contributed by atoms with E-state index in [1.54, 1.807) is 0 Å². The van der Waals surface area contributed by atoms with Crippen LogP contribution in [0.3, 0.4) is 0 Å². The predicted molar refractivity (Wildman–Crippen MR) is 76.8 cm³/mol. The van der Waals surface area contributed by atoms with Crippen LogP contribution in [-0.4, -0.2) is 7.38 Å². The van der Waals surface area contributed by atoms with E-state index in [9.17, 15) is 0 Å². The van der Waals surface area contributed by atoms with Crippen LogP contribution >= 0.6 is 11.1 Å². The molecule has 0 bridgehead atoms. The zero-order valence-corrected chi connectivity index (χ0v) is 12.3. The van der Waals surface area contributed by atoms with Gasteiger partial charge in [-0.25, -0.2) is 0 Å². The van der Waals surface area contributed by atoms with E-state index >= 15 is 0 Å². The SMILES string of the molecule is C[Si](C)(Cl)CCCCCCc1ccccc1. The second-order valence-corrected chi connectivity index (χ2v) is 12.1. The molecule has 0 aliphatic carbocycles. The first kappa shape index (κ1) is 13.8. The van der Waals surface area contributed by atoms with Gasteiger partial charge in [0, 0.05) is 0 Å². The predicted octanol–water partition coefficient (Wildman–Crippen LogP) is 5.23. The molecule has 1 rings (SSSR count). The van der Waals surface area contributed by atoms with Crippen molar-refractivity contribution in [3.63, 3.8) is 0 Å². The van der Waals surface area contributed by atoms with Gasteiger partial charge < -0.3 is 0 Å². The summed E-state index contributed by atoms with van der Waals surface area (Å²) in [5, 5.41) is 0. The Morgan fingerprint density at radius 1 is 0.938 bits per heavy atom. The molecule has 2 heteroatoms. The molecule has 0 N–H and O–H groups in total. The fourth-order valence-electron chi connectivity index (χ4n) is 1.87. The molecule has 1 aromatic carbocycles. The van der Waals surface area contributed by atoms with Crippen LogP contribution < -0.4 is 0 Å². The molecule has 90 valence electrons. The Hall–Kier alpha value is -0.273. The first-order valence-corrected chi connectivity index (χ1v) is 10.5. The Bertz CT molecular complexity index is 277. The van der Waals surface area contributed by atoms with Crippen molar-refractivity contribution in [1.29, 1.82) is 0 Å². The van der Waals surface area contributed by atoms with Crippen LogP contribution in [0, 0.1) is 0 Å². The average molecular weight is 255 g/mol. The van der Waals surface area contributed by atoms with E-state index in [4.69, 9.17) is 11.1 Å². The lowest BCUT2D eigenvalue weighted by Crippen LogP contribution is -2.14. The monoisotopic (exact) mass is 254 g/mol. The number of halogens is 1. The van der Waals surface area contributed by atoms with E-state index < -0.39 is 7.38 Å². The molecule has 16 heavy (non-hydrogen) atoms. The van der Waals surface area contributed by atoms with Crippen molar-refractivity contribution in [2.45, 2.75) is 51.2 Å². The maximum atomic E-state index is 6.28. The summed E-state index contributed by atoms with van der Waals surface area (Å²) < 4.78 is 0. The Kier molecular flexibility index (Phi) is 6.15. The topological polar surface area (TPSA) is 0 Å². The summed E-state index contributed by atoms with van der Waals surface area (Å²) in [4.78, 5) is 0. The van der Waals surface area contributed by atoms with Crippen molar-refractivity contribution in [3.05, 3.63) is 35.9 Å². The third-order valence-corrected chi connectivity index (χ3v) is 4.94. The Morgan fingerprint density at radius 3 is 2.19 bits per heavy atom. The Labute approximate surface area is 106 Å². The minimum absolute atomic E-state index is 1.22. The van der Waals surface area contributed by atoms with Gasteiger partial charge in [0.1, 0.15) is 7.38 Å². The molecule has 0 amide bonds. The zero-order chi connectivity index (χ0) is 11.9. The van der Waals surface area contributed by atoms with E-state index in [0.29, 0.717) is 0 Å². The van der Waals surface area contributed by atoms with Crippen LogP contribution in [0.2, 0.25) is 19.1 Å². The van der Waals surface area contributed by atoms with Gasteiger partial charge in [-0.2, -0.15) is 11.1 Å². The molecule has 0 aromatic heterocycles. The van der Waals surface area contributed by atoms with Crippen molar-refractivity contribution < 1.29 is 0 Å². The fourth-order valence-corrected chi connectivity index (χ4v) is 3.36. The van der Waals surface area contributed by atoms with Gasteiger partial charge in [-0.05, 0) is 24.4 Å². The van der Waals surface area contributed by atoms with E-state index in [0.717, 1.165) is 0 Å². The molecular formula is C14H23ClSi. The zero-order valence-electron chi connectivity index (χ0n) is 10.5. The molecule has 0 atom stereocenters. The smallest absolute Gasteiger partial charge is 0.150 e. The molecule has 1 aromatic rings. The van der Waals surface area contributed by atoms with Gasteiger partial charge in [0.25, 0.3) is 0 Å². The highest BCUT2D eigenvalue weighted by atomic mass is 35.6. The number of aryl methyl sites for hydroxylation is 1. The lowest BCUT2D eigenvalue weighted by atomic mass is 10.1. The Morgan fingerprint density at radius 2 is 1.56 bits per heavy atom. The average Bonchev–Trinajstić information content (AvgIpc) is 2.23. The molecule has 0 aliphatic rings. The molecule has 0 aliphatic heterocycles. The molecule has 0 unspecified atom stereocenters. The van der Waals surface area contributed by atoms with E-state index in [-0.39, 0.29) is 0 Å². The molecule has 0 saturated heterocycles. The highest BCUT2D eigenvalue weighted by molar-refractivity contribution is 7.19. The van der Waals surface area contributed by atoms with Crippen LogP contribution in [0.25, 0.3) is 0 Å². The van der Waals surface area contributed by atoms with E-state index in [1.165, 1.54) is 43.7 Å². The maximum Gasteiger partial charge on any atom is 0.150 e. The van der Waals surface area contributed by atoms with Gasteiger partial charge in [0.2, 0.25) is 0 Å². The van der Waals surface area contributed by atoms with Crippen LogP contribution in [0.15, 0.2) is 30.3 Å². The number of unbranched alkanes of at least 4 members (excludes halogenated alkanes) is 3. The summed E-state index contributed by atoms with van der Waals surface area (Å²) in [6.07, 6.45) is 6.54. The summed E-state index contributed by atoms with van der Waals surface area (Å²) in [5.41, 5.74) is 1.47. The van der Waals surface area contributed by atoms with Gasteiger partial charge in [-0.3, -0.25) is 0 Å². The number of hydrogen-bond donors (Lipinski definition) is 0. The van der Waals surface area contributed by atoms with Gasteiger partial charge in [-0.15, -0.1) is 0 Å². The molecule has 0 saturated carbocycles. The quantitative estimate of drug-likeness (QED) is 0.355. The summed E-state index contributed by atoms with van der Waals surface area (Å²) in [7, 11) is -1.31. The molecule has 0 radical (unpaired) electrons. The lowest BCUT2D eigenvalue weighted by molar-refractivity contribution is 0.664.